The molecule has 0 aliphatic carbocycles. The van der Waals surface area contributed by atoms with Crippen LogP contribution >= 0.6 is 0 Å². The van der Waals surface area contributed by atoms with Gasteiger partial charge in [-0.3, -0.25) is 19.4 Å². The van der Waals surface area contributed by atoms with E-state index in [0.29, 0.717) is 17.7 Å². The van der Waals surface area contributed by atoms with Crippen molar-refractivity contribution in [1.29, 1.82) is 0 Å². The summed E-state index contributed by atoms with van der Waals surface area (Å²) in [5.41, 5.74) is 0.999. The first-order valence-corrected chi connectivity index (χ1v) is 8.48. The van der Waals surface area contributed by atoms with Crippen molar-refractivity contribution in [2.24, 2.45) is 0 Å². The summed E-state index contributed by atoms with van der Waals surface area (Å²) in [6.45, 7) is 2.27. The summed E-state index contributed by atoms with van der Waals surface area (Å²) in [6, 6.07) is 10.7. The Morgan fingerprint density at radius 3 is 2.17 bits per heavy atom. The van der Waals surface area contributed by atoms with Gasteiger partial charge in [-0.25, -0.2) is 0 Å². The predicted octanol–water partition coefficient (Wildman–Crippen LogP) is 3.10. The second-order valence-corrected chi connectivity index (χ2v) is 6.39. The van der Waals surface area contributed by atoms with E-state index in [4.69, 9.17) is 4.42 Å². The number of furan rings is 1. The van der Waals surface area contributed by atoms with E-state index in [1.54, 1.807) is 30.5 Å². The lowest BCUT2D eigenvalue weighted by Crippen LogP contribution is -2.42. The molecule has 0 bridgehead atoms. The highest BCUT2D eigenvalue weighted by Crippen LogP contribution is 2.30. The highest BCUT2D eigenvalue weighted by molar-refractivity contribution is 6.21. The Balaban J connectivity index is 1.61. The highest BCUT2D eigenvalue weighted by Gasteiger charge is 2.38. The van der Waals surface area contributed by atoms with Crippen LogP contribution in [0.15, 0.2) is 47.1 Å². The number of fused-ring (bicyclic) bond motifs is 1. The van der Waals surface area contributed by atoms with Gasteiger partial charge in [-0.15, -0.1) is 0 Å². The molecule has 4 rings (SSSR count). The molecule has 124 valence electrons. The Kier molecular flexibility index (Phi) is 3.94. The number of imide groups is 1. The van der Waals surface area contributed by atoms with Crippen LogP contribution in [0.3, 0.4) is 0 Å². The highest BCUT2D eigenvalue weighted by atomic mass is 16.3. The van der Waals surface area contributed by atoms with Gasteiger partial charge in [0.2, 0.25) is 0 Å². The second-order valence-electron chi connectivity index (χ2n) is 6.39. The number of piperidine rings is 1. The van der Waals surface area contributed by atoms with Crippen LogP contribution in [0.1, 0.15) is 51.8 Å². The molecule has 3 heterocycles. The molecule has 1 saturated heterocycles. The number of carbonyl (C=O) groups is 2. The standard InChI is InChI=1S/C19H20N2O3/c22-18-14-7-2-3-8-15(14)19(23)21(18)13-16(17-9-6-12-24-17)20-10-4-1-5-11-20/h2-3,6-9,12,16H,1,4-5,10-11,13H2/t16-/m1/s1. The molecular formula is C19H20N2O3. The van der Waals surface area contributed by atoms with E-state index in [1.807, 2.05) is 12.1 Å². The first-order valence-electron chi connectivity index (χ1n) is 8.48. The van der Waals surface area contributed by atoms with Gasteiger partial charge in [0.25, 0.3) is 11.8 Å². The fourth-order valence-electron chi connectivity index (χ4n) is 3.67. The minimum absolute atomic E-state index is 0.0810. The van der Waals surface area contributed by atoms with Crippen LogP contribution in [-0.2, 0) is 0 Å². The number of amides is 2. The summed E-state index contributed by atoms with van der Waals surface area (Å²) in [4.78, 5) is 29.0. The van der Waals surface area contributed by atoms with Crippen LogP contribution < -0.4 is 0 Å². The van der Waals surface area contributed by atoms with Crippen molar-refractivity contribution in [2.45, 2.75) is 25.3 Å². The molecule has 24 heavy (non-hydrogen) atoms. The third kappa shape index (κ3) is 2.55. The van der Waals surface area contributed by atoms with E-state index in [-0.39, 0.29) is 17.9 Å². The van der Waals surface area contributed by atoms with E-state index in [1.165, 1.54) is 11.3 Å². The number of rotatable bonds is 4. The summed E-state index contributed by atoms with van der Waals surface area (Å²) in [5, 5.41) is 0. The van der Waals surface area contributed by atoms with Gasteiger partial charge < -0.3 is 4.42 Å². The molecule has 2 amide bonds. The molecule has 2 aliphatic rings. The first-order chi connectivity index (χ1) is 11.8. The molecule has 2 aromatic rings. The van der Waals surface area contributed by atoms with Gasteiger partial charge in [0.05, 0.1) is 30.0 Å². The molecule has 0 unspecified atom stereocenters. The fraction of sp³-hybridized carbons (Fsp3) is 0.368. The second kappa shape index (κ2) is 6.24. The van der Waals surface area contributed by atoms with Crippen molar-refractivity contribution in [3.05, 3.63) is 59.5 Å². The quantitative estimate of drug-likeness (QED) is 0.811. The maximum Gasteiger partial charge on any atom is 0.261 e. The Morgan fingerprint density at radius 2 is 1.58 bits per heavy atom. The lowest BCUT2D eigenvalue weighted by Gasteiger charge is -2.35. The van der Waals surface area contributed by atoms with Crippen molar-refractivity contribution < 1.29 is 14.0 Å². The molecule has 1 aromatic carbocycles. The van der Waals surface area contributed by atoms with Gasteiger partial charge in [0.1, 0.15) is 5.76 Å². The lowest BCUT2D eigenvalue weighted by atomic mass is 10.1. The molecule has 0 N–H and O–H groups in total. The van der Waals surface area contributed by atoms with Gasteiger partial charge in [-0.05, 0) is 50.2 Å². The summed E-state index contributed by atoms with van der Waals surface area (Å²) in [5.74, 6) is 0.404. The van der Waals surface area contributed by atoms with Crippen LogP contribution in [0.25, 0.3) is 0 Å². The average Bonchev–Trinajstić information content (AvgIpc) is 3.23. The van der Waals surface area contributed by atoms with E-state index in [9.17, 15) is 9.59 Å². The van der Waals surface area contributed by atoms with Crippen molar-refractivity contribution in [1.82, 2.24) is 9.80 Å². The fourth-order valence-corrected chi connectivity index (χ4v) is 3.67. The molecule has 2 aliphatic heterocycles. The monoisotopic (exact) mass is 324 g/mol. The van der Waals surface area contributed by atoms with Gasteiger partial charge in [-0.2, -0.15) is 0 Å². The Labute approximate surface area is 140 Å². The predicted molar refractivity (Wildman–Crippen MR) is 88.7 cm³/mol. The van der Waals surface area contributed by atoms with Gasteiger partial charge in [0, 0.05) is 0 Å². The Bertz CT molecular complexity index is 713. The van der Waals surface area contributed by atoms with E-state index < -0.39 is 0 Å². The molecule has 1 atom stereocenters. The summed E-state index contributed by atoms with van der Waals surface area (Å²) in [6.07, 6.45) is 5.15. The van der Waals surface area contributed by atoms with E-state index in [0.717, 1.165) is 31.7 Å². The number of hydrogen-bond donors (Lipinski definition) is 0. The molecule has 1 aromatic heterocycles. The molecule has 5 nitrogen and oxygen atoms in total. The Hall–Kier alpha value is -2.40. The molecular weight excluding hydrogens is 304 g/mol. The van der Waals surface area contributed by atoms with Crippen LogP contribution in [-0.4, -0.2) is 41.2 Å². The smallest absolute Gasteiger partial charge is 0.261 e. The maximum absolute atomic E-state index is 12.7. The molecule has 1 fully saturated rings. The van der Waals surface area contributed by atoms with Crippen LogP contribution in [0.4, 0.5) is 0 Å². The summed E-state index contributed by atoms with van der Waals surface area (Å²) in [7, 11) is 0. The number of hydrogen-bond acceptors (Lipinski definition) is 4. The summed E-state index contributed by atoms with van der Waals surface area (Å²) < 4.78 is 5.62. The normalized spacial score (nSPS) is 19.6. The van der Waals surface area contributed by atoms with Gasteiger partial charge >= 0.3 is 0 Å². The minimum Gasteiger partial charge on any atom is -0.468 e. The first kappa shape index (κ1) is 15.1. The average molecular weight is 324 g/mol. The van der Waals surface area contributed by atoms with Crippen LogP contribution in [0.2, 0.25) is 0 Å². The zero-order chi connectivity index (χ0) is 16.5. The van der Waals surface area contributed by atoms with Crippen molar-refractivity contribution >= 4 is 11.8 Å². The number of benzene rings is 1. The van der Waals surface area contributed by atoms with Gasteiger partial charge in [0.15, 0.2) is 0 Å². The van der Waals surface area contributed by atoms with Crippen LogP contribution in [0, 0.1) is 0 Å². The maximum atomic E-state index is 12.7. The number of likely N-dealkylation sites (tertiary alicyclic amines) is 1. The summed E-state index contributed by atoms with van der Waals surface area (Å²) >= 11 is 0. The third-order valence-electron chi connectivity index (χ3n) is 4.94. The largest absolute Gasteiger partial charge is 0.468 e. The van der Waals surface area contributed by atoms with Gasteiger partial charge in [-0.1, -0.05) is 18.6 Å². The SMILES string of the molecule is O=C1c2ccccc2C(=O)N1C[C@H](c1ccco1)N1CCCCC1. The van der Waals surface area contributed by atoms with Crippen molar-refractivity contribution in [3.63, 3.8) is 0 Å². The topological polar surface area (TPSA) is 53.8 Å². The molecule has 0 radical (unpaired) electrons. The van der Waals surface area contributed by atoms with Crippen molar-refractivity contribution in [3.8, 4) is 0 Å². The number of nitrogens with zero attached hydrogens (tertiary/aromatic N) is 2. The Morgan fingerprint density at radius 1 is 0.917 bits per heavy atom. The molecule has 0 saturated carbocycles. The lowest BCUT2D eigenvalue weighted by molar-refractivity contribution is 0.0551. The minimum atomic E-state index is -0.204. The molecule has 0 spiro atoms. The van der Waals surface area contributed by atoms with E-state index in [2.05, 4.69) is 4.90 Å². The number of carbonyl (C=O) groups excluding carboxylic acids is 2. The van der Waals surface area contributed by atoms with E-state index >= 15 is 0 Å². The molecule has 5 heteroatoms. The zero-order valence-corrected chi connectivity index (χ0v) is 13.5. The van der Waals surface area contributed by atoms with Crippen LogP contribution in [0.5, 0.6) is 0 Å². The zero-order valence-electron chi connectivity index (χ0n) is 13.5. The van der Waals surface area contributed by atoms with Crippen molar-refractivity contribution in [2.75, 3.05) is 19.6 Å². The third-order valence-corrected chi connectivity index (χ3v) is 4.94.